The Morgan fingerprint density at radius 3 is 1.15 bits per heavy atom. The van der Waals surface area contributed by atoms with Crippen molar-refractivity contribution >= 4 is 20.8 Å². The lowest BCUT2D eigenvalue weighted by Gasteiger charge is -2.47. The molecule has 0 aromatic heterocycles. The Morgan fingerprint density at radius 1 is 0.558 bits per heavy atom. The third kappa shape index (κ3) is 15.0. The number of aliphatic hydroxyl groups is 2. The summed E-state index contributed by atoms with van der Waals surface area (Å²) in [6.07, 6.45) is 24.4. The number of hydrogen-bond donors (Lipinski definition) is 4. The number of rotatable bonds is 14. The fourth-order valence-corrected chi connectivity index (χ4v) is 8.59. The summed E-state index contributed by atoms with van der Waals surface area (Å²) < 4.78 is 73.3. The second-order valence-electron chi connectivity index (χ2n) is 15.7. The molecule has 292 valence electrons. The minimum Gasteiger partial charge on any atom is -0.390 e. The third-order valence-corrected chi connectivity index (χ3v) is 11.0. The van der Waals surface area contributed by atoms with Gasteiger partial charge in [-0.1, -0.05) is 149 Å². The van der Waals surface area contributed by atoms with Crippen LogP contribution >= 0.6 is 0 Å². The predicted octanol–water partition coefficient (Wildman–Crippen LogP) is 8.01. The Labute approximate surface area is 312 Å². The van der Waals surface area contributed by atoms with Crippen LogP contribution in [0, 0.1) is 34.5 Å². The molecule has 0 spiro atoms. The van der Waals surface area contributed by atoms with Gasteiger partial charge >= 0.3 is 20.8 Å². The molecule has 0 amide bonds. The highest BCUT2D eigenvalue weighted by Crippen LogP contribution is 2.47. The van der Waals surface area contributed by atoms with Crippen LogP contribution in [0.2, 0.25) is 0 Å². The maximum absolute atomic E-state index is 11.3. The third-order valence-electron chi connectivity index (χ3n) is 10.1. The lowest BCUT2D eigenvalue weighted by atomic mass is 9.62. The van der Waals surface area contributed by atoms with Crippen molar-refractivity contribution in [1.82, 2.24) is 0 Å². The number of hydrogen-bond acceptors (Lipinski definition) is 8. The highest BCUT2D eigenvalue weighted by molar-refractivity contribution is 7.81. The lowest BCUT2D eigenvalue weighted by molar-refractivity contribution is -0.0856. The highest BCUT2D eigenvalue weighted by Gasteiger charge is 2.48. The van der Waals surface area contributed by atoms with E-state index in [-0.39, 0.29) is 34.5 Å². The van der Waals surface area contributed by atoms with E-state index in [1.165, 1.54) is 0 Å². The van der Waals surface area contributed by atoms with E-state index in [1.54, 1.807) is 0 Å². The molecule has 0 saturated heterocycles. The Bertz CT molecular complexity index is 1590. The Hall–Kier alpha value is -2.68. The molecule has 12 heteroatoms. The van der Waals surface area contributed by atoms with E-state index in [2.05, 4.69) is 0 Å². The summed E-state index contributed by atoms with van der Waals surface area (Å²) in [6, 6.07) is 0. The zero-order valence-electron chi connectivity index (χ0n) is 32.2. The van der Waals surface area contributed by atoms with Crippen LogP contribution in [0.3, 0.4) is 0 Å². The normalized spacial score (nSPS) is 31.6. The topological polar surface area (TPSA) is 168 Å². The SMILES string of the molecule is CC(/C=C/C=C(C)/C=C/C1C(C)C(OS(=O)(=O)O)C(O)CC1(C)C)=C\C=C\C=C(C)\C=C\C=C(C)\C=C\C1C(C)[C@H](OS(=O)(=O)O)C(O)CC1(C)C. The van der Waals surface area contributed by atoms with E-state index in [1.807, 2.05) is 154 Å². The summed E-state index contributed by atoms with van der Waals surface area (Å²) >= 11 is 0. The van der Waals surface area contributed by atoms with E-state index in [0.717, 1.165) is 22.3 Å². The van der Waals surface area contributed by atoms with Crippen LogP contribution in [0.25, 0.3) is 0 Å². The fourth-order valence-electron chi connectivity index (χ4n) is 7.42. The van der Waals surface area contributed by atoms with Crippen molar-refractivity contribution in [2.75, 3.05) is 0 Å². The van der Waals surface area contributed by atoms with Crippen molar-refractivity contribution in [2.45, 2.75) is 106 Å². The quantitative estimate of drug-likeness (QED) is 0.100. The molecule has 7 unspecified atom stereocenters. The van der Waals surface area contributed by atoms with Crippen LogP contribution in [0.4, 0.5) is 0 Å². The summed E-state index contributed by atoms with van der Waals surface area (Å²) in [5, 5.41) is 20.9. The molecule has 2 aliphatic carbocycles. The van der Waals surface area contributed by atoms with Crippen molar-refractivity contribution in [3.63, 3.8) is 0 Å². The Balaban J connectivity index is 1.98. The van der Waals surface area contributed by atoms with E-state index < -0.39 is 45.2 Å². The van der Waals surface area contributed by atoms with Crippen molar-refractivity contribution < 1.29 is 44.5 Å². The van der Waals surface area contributed by atoms with Crippen molar-refractivity contribution in [3.05, 3.63) is 107 Å². The summed E-state index contributed by atoms with van der Waals surface area (Å²) in [7, 11) is -9.37. The second-order valence-corrected chi connectivity index (χ2v) is 17.8. The van der Waals surface area contributed by atoms with Gasteiger partial charge in [0.25, 0.3) is 0 Å². The van der Waals surface area contributed by atoms with Gasteiger partial charge in [0, 0.05) is 0 Å². The van der Waals surface area contributed by atoms with Crippen LogP contribution < -0.4 is 0 Å². The second kappa shape index (κ2) is 19.1. The first kappa shape index (κ1) is 45.5. The van der Waals surface area contributed by atoms with E-state index in [0.29, 0.717) is 12.8 Å². The molecule has 0 radical (unpaired) electrons. The first-order chi connectivity index (χ1) is 23.8. The van der Waals surface area contributed by atoms with Gasteiger partial charge in [-0.3, -0.25) is 9.11 Å². The largest absolute Gasteiger partial charge is 0.397 e. The van der Waals surface area contributed by atoms with E-state index in [9.17, 15) is 36.2 Å². The van der Waals surface area contributed by atoms with Gasteiger partial charge < -0.3 is 10.2 Å². The van der Waals surface area contributed by atoms with Crippen LogP contribution in [0.15, 0.2) is 107 Å². The maximum Gasteiger partial charge on any atom is 0.397 e. The molecule has 2 aliphatic rings. The molecular weight excluding hydrogens is 705 g/mol. The zero-order chi connectivity index (χ0) is 39.7. The van der Waals surface area contributed by atoms with Crippen LogP contribution in [0.5, 0.6) is 0 Å². The van der Waals surface area contributed by atoms with Crippen molar-refractivity contribution in [3.8, 4) is 0 Å². The molecule has 2 rings (SSSR count). The van der Waals surface area contributed by atoms with Gasteiger partial charge in [0.05, 0.1) is 12.2 Å². The average molecular weight is 765 g/mol. The van der Waals surface area contributed by atoms with Crippen LogP contribution in [-0.2, 0) is 29.2 Å². The Morgan fingerprint density at radius 2 is 0.846 bits per heavy atom. The molecule has 2 saturated carbocycles. The van der Waals surface area contributed by atoms with Gasteiger partial charge in [0.1, 0.15) is 12.2 Å². The molecule has 0 heterocycles. The number of allylic oxidation sites excluding steroid dienone is 18. The Kier molecular flexibility index (Phi) is 16.7. The van der Waals surface area contributed by atoms with E-state index in [4.69, 9.17) is 8.37 Å². The van der Waals surface area contributed by atoms with Gasteiger partial charge in [-0.15, -0.1) is 0 Å². The van der Waals surface area contributed by atoms with Crippen LogP contribution in [0.1, 0.15) is 82.1 Å². The smallest absolute Gasteiger partial charge is 0.390 e. The number of aliphatic hydroxyl groups excluding tert-OH is 2. The summed E-state index contributed by atoms with van der Waals surface area (Å²) in [5.74, 6) is -0.855. The average Bonchev–Trinajstić information content (AvgIpc) is 2.97. The standard InChI is InChI=1S/C40H60O10S2/c1-27(17-13-19-29(3)21-23-33-31(5)37(49-51(43,44)45)35(41)25-39(33,7)8)15-11-12-16-28(2)18-14-20-30(4)22-24-34-32(6)38(50-52(46,47)48)36(42)26-40(34,9)10/h11-24,31-38,41-42H,25-26H2,1-10H3,(H,43,44,45)(H,46,47,48)/b12-11+,17-13+,18-14+,23-21+,24-22+,27-15+,28-16+,29-19+,30-20+/t31?,32?,33?,34?,35?,36?,37-,38?/m0/s1. The molecule has 10 nitrogen and oxygen atoms in total. The first-order valence-corrected chi connectivity index (χ1v) is 20.3. The van der Waals surface area contributed by atoms with Crippen molar-refractivity contribution in [1.29, 1.82) is 0 Å². The molecule has 0 bridgehead atoms. The molecule has 0 aromatic carbocycles. The maximum atomic E-state index is 11.3. The van der Waals surface area contributed by atoms with Crippen molar-refractivity contribution in [2.24, 2.45) is 34.5 Å². The minimum atomic E-state index is -4.69. The van der Waals surface area contributed by atoms with Gasteiger partial charge in [0.2, 0.25) is 0 Å². The monoisotopic (exact) mass is 764 g/mol. The molecule has 52 heavy (non-hydrogen) atoms. The van der Waals surface area contributed by atoms with Gasteiger partial charge in [-0.2, -0.15) is 16.8 Å². The lowest BCUT2D eigenvalue weighted by Crippen LogP contribution is -2.50. The molecule has 4 N–H and O–H groups in total. The van der Waals surface area contributed by atoms with Gasteiger partial charge in [-0.25, -0.2) is 8.37 Å². The van der Waals surface area contributed by atoms with Gasteiger partial charge in [0.15, 0.2) is 0 Å². The van der Waals surface area contributed by atoms with E-state index >= 15 is 0 Å². The summed E-state index contributed by atoms with van der Waals surface area (Å²) in [4.78, 5) is 0. The zero-order valence-corrected chi connectivity index (χ0v) is 33.8. The fraction of sp³-hybridized carbons (Fsp3) is 0.550. The highest BCUT2D eigenvalue weighted by atomic mass is 32.3. The first-order valence-electron chi connectivity index (χ1n) is 17.6. The molecule has 8 atom stereocenters. The van der Waals surface area contributed by atoms with Crippen LogP contribution in [-0.4, -0.2) is 60.6 Å². The summed E-state index contributed by atoms with van der Waals surface area (Å²) in [6.45, 7) is 19.7. The predicted molar refractivity (Wildman–Crippen MR) is 208 cm³/mol. The summed E-state index contributed by atoms with van der Waals surface area (Å²) in [5.41, 5.74) is 3.50. The minimum absolute atomic E-state index is 0.0848. The molecule has 0 aromatic rings. The molecular formula is C40H60O10S2. The molecule has 0 aliphatic heterocycles. The van der Waals surface area contributed by atoms with Gasteiger partial charge in [-0.05, 0) is 75.0 Å². The molecule has 2 fully saturated rings.